The van der Waals surface area contributed by atoms with Crippen molar-refractivity contribution < 1.29 is 18.0 Å². The Morgan fingerprint density at radius 2 is 1.62 bits per heavy atom. The number of rotatable bonds is 6. The lowest BCUT2D eigenvalue weighted by atomic mass is 9.96. The number of hydrogen-bond acceptors (Lipinski definition) is 4. The molecule has 7 nitrogen and oxygen atoms in total. The SMILES string of the molecule is C[C@@H](NC(=O)C1CCN(S(=O)(=O)c2ccccc2C(N)=O)CC1)c1ccccc1. The number of carbonyl (C=O) groups excluding carboxylic acids is 2. The Labute approximate surface area is 171 Å². The maximum atomic E-state index is 13.0. The van der Waals surface area contributed by atoms with Gasteiger partial charge in [-0.25, -0.2) is 8.42 Å². The van der Waals surface area contributed by atoms with Gasteiger partial charge >= 0.3 is 0 Å². The lowest BCUT2D eigenvalue weighted by molar-refractivity contribution is -0.126. The van der Waals surface area contributed by atoms with E-state index in [4.69, 9.17) is 5.73 Å². The van der Waals surface area contributed by atoms with Crippen LogP contribution in [-0.4, -0.2) is 37.6 Å². The van der Waals surface area contributed by atoms with Gasteiger partial charge in [-0.15, -0.1) is 0 Å². The molecule has 1 heterocycles. The average molecular weight is 416 g/mol. The molecule has 1 atom stereocenters. The fraction of sp³-hybridized carbons (Fsp3) is 0.333. The molecule has 0 spiro atoms. The van der Waals surface area contributed by atoms with Crippen molar-refractivity contribution in [3.63, 3.8) is 0 Å². The van der Waals surface area contributed by atoms with Crippen LogP contribution in [0.15, 0.2) is 59.5 Å². The maximum Gasteiger partial charge on any atom is 0.250 e. The Balaban J connectivity index is 1.64. The largest absolute Gasteiger partial charge is 0.366 e. The number of amides is 2. The minimum absolute atomic E-state index is 0.0240. The molecule has 0 aliphatic carbocycles. The van der Waals surface area contributed by atoms with Crippen molar-refractivity contribution in [2.75, 3.05) is 13.1 Å². The van der Waals surface area contributed by atoms with Crippen LogP contribution in [0, 0.1) is 5.92 Å². The van der Waals surface area contributed by atoms with Crippen LogP contribution in [0.3, 0.4) is 0 Å². The predicted octanol–water partition coefficient (Wildman–Crippen LogP) is 2.06. The van der Waals surface area contributed by atoms with Crippen molar-refractivity contribution >= 4 is 21.8 Å². The molecule has 1 fully saturated rings. The van der Waals surface area contributed by atoms with Crippen molar-refractivity contribution in [3.05, 3.63) is 65.7 Å². The number of nitrogens with two attached hydrogens (primary N) is 1. The Hall–Kier alpha value is -2.71. The summed E-state index contributed by atoms with van der Waals surface area (Å²) in [5, 5.41) is 3.01. The molecule has 0 bridgehead atoms. The van der Waals surface area contributed by atoms with Crippen LogP contribution in [0.2, 0.25) is 0 Å². The summed E-state index contributed by atoms with van der Waals surface area (Å²) in [4.78, 5) is 24.1. The van der Waals surface area contributed by atoms with E-state index in [1.54, 1.807) is 12.1 Å². The fourth-order valence-electron chi connectivity index (χ4n) is 3.55. The standard InChI is InChI=1S/C21H25N3O4S/c1-15(16-7-3-2-4-8-16)23-21(26)17-11-13-24(14-12-17)29(27,28)19-10-6-5-9-18(19)20(22)25/h2-10,15,17H,11-14H2,1H3,(H2,22,25)(H,23,26)/t15-/m1/s1. The molecule has 8 heteroatoms. The van der Waals surface area contributed by atoms with E-state index >= 15 is 0 Å². The summed E-state index contributed by atoms with van der Waals surface area (Å²) in [5.41, 5.74) is 6.32. The highest BCUT2D eigenvalue weighted by molar-refractivity contribution is 7.89. The van der Waals surface area contributed by atoms with Gasteiger partial charge in [0, 0.05) is 19.0 Å². The van der Waals surface area contributed by atoms with Gasteiger partial charge in [0.25, 0.3) is 0 Å². The van der Waals surface area contributed by atoms with Crippen LogP contribution in [0.4, 0.5) is 0 Å². The molecule has 1 saturated heterocycles. The normalized spacial score (nSPS) is 16.9. The van der Waals surface area contributed by atoms with Crippen LogP contribution in [0.1, 0.15) is 41.7 Å². The van der Waals surface area contributed by atoms with Gasteiger partial charge in [0.15, 0.2) is 0 Å². The smallest absolute Gasteiger partial charge is 0.250 e. The second kappa shape index (κ2) is 8.75. The molecule has 2 aromatic carbocycles. The third-order valence-electron chi connectivity index (χ3n) is 5.25. The Morgan fingerprint density at radius 3 is 2.24 bits per heavy atom. The summed E-state index contributed by atoms with van der Waals surface area (Å²) in [6.45, 7) is 2.36. The third kappa shape index (κ3) is 4.65. The quantitative estimate of drug-likeness (QED) is 0.752. The van der Waals surface area contributed by atoms with E-state index in [-0.39, 0.29) is 41.4 Å². The van der Waals surface area contributed by atoms with Crippen molar-refractivity contribution in [2.24, 2.45) is 11.7 Å². The van der Waals surface area contributed by atoms with Crippen molar-refractivity contribution in [1.29, 1.82) is 0 Å². The first-order chi connectivity index (χ1) is 13.8. The summed E-state index contributed by atoms with van der Waals surface area (Å²) >= 11 is 0. The van der Waals surface area contributed by atoms with Crippen LogP contribution < -0.4 is 11.1 Å². The number of sulfonamides is 1. The number of primary amides is 1. The van der Waals surface area contributed by atoms with Gasteiger partial charge < -0.3 is 11.1 Å². The Bertz CT molecular complexity index is 984. The van der Waals surface area contributed by atoms with E-state index in [9.17, 15) is 18.0 Å². The molecular formula is C21H25N3O4S. The van der Waals surface area contributed by atoms with E-state index in [0.717, 1.165) is 5.56 Å². The molecule has 3 rings (SSSR count). The molecule has 0 aromatic heterocycles. The topological polar surface area (TPSA) is 110 Å². The number of benzene rings is 2. The number of nitrogens with one attached hydrogen (secondary N) is 1. The Kier molecular flexibility index (Phi) is 6.34. The van der Waals surface area contributed by atoms with E-state index in [1.165, 1.54) is 16.4 Å². The second-order valence-corrected chi connectivity index (χ2v) is 9.09. The fourth-order valence-corrected chi connectivity index (χ4v) is 5.22. The Morgan fingerprint density at radius 1 is 1.03 bits per heavy atom. The minimum atomic E-state index is -3.85. The maximum absolute atomic E-state index is 13.0. The number of piperidine rings is 1. The van der Waals surface area contributed by atoms with E-state index in [1.807, 2.05) is 37.3 Å². The summed E-state index contributed by atoms with van der Waals surface area (Å²) in [5.74, 6) is -1.11. The molecule has 1 aliphatic rings. The molecule has 154 valence electrons. The zero-order valence-corrected chi connectivity index (χ0v) is 17.1. The van der Waals surface area contributed by atoms with E-state index in [2.05, 4.69) is 5.32 Å². The van der Waals surface area contributed by atoms with Gasteiger partial charge in [-0.3, -0.25) is 9.59 Å². The highest BCUT2D eigenvalue weighted by Crippen LogP contribution is 2.26. The number of carbonyl (C=O) groups is 2. The van der Waals surface area contributed by atoms with Gasteiger partial charge in [0.2, 0.25) is 21.8 Å². The zero-order chi connectivity index (χ0) is 21.0. The first-order valence-electron chi connectivity index (χ1n) is 9.55. The monoisotopic (exact) mass is 415 g/mol. The third-order valence-corrected chi connectivity index (χ3v) is 7.21. The minimum Gasteiger partial charge on any atom is -0.366 e. The van der Waals surface area contributed by atoms with Gasteiger partial charge in [-0.2, -0.15) is 4.31 Å². The highest BCUT2D eigenvalue weighted by Gasteiger charge is 2.34. The van der Waals surface area contributed by atoms with Crippen LogP contribution in [0.25, 0.3) is 0 Å². The first-order valence-corrected chi connectivity index (χ1v) is 11.0. The van der Waals surface area contributed by atoms with Gasteiger partial charge in [0.05, 0.1) is 16.5 Å². The molecule has 3 N–H and O–H groups in total. The molecule has 1 aliphatic heterocycles. The first kappa shape index (κ1) is 21.0. The molecule has 29 heavy (non-hydrogen) atoms. The summed E-state index contributed by atoms with van der Waals surface area (Å²) < 4.78 is 27.3. The van der Waals surface area contributed by atoms with Crippen LogP contribution in [-0.2, 0) is 14.8 Å². The van der Waals surface area contributed by atoms with Crippen LogP contribution in [0.5, 0.6) is 0 Å². The number of nitrogens with zero attached hydrogens (tertiary/aromatic N) is 1. The average Bonchev–Trinajstić information content (AvgIpc) is 2.74. The van der Waals surface area contributed by atoms with Crippen LogP contribution >= 0.6 is 0 Å². The van der Waals surface area contributed by atoms with E-state index in [0.29, 0.717) is 12.8 Å². The lowest BCUT2D eigenvalue weighted by Crippen LogP contribution is -2.43. The summed E-state index contributed by atoms with van der Waals surface area (Å²) in [6, 6.07) is 15.5. The molecule has 2 aromatic rings. The zero-order valence-electron chi connectivity index (χ0n) is 16.2. The van der Waals surface area contributed by atoms with Gasteiger partial charge in [-0.05, 0) is 37.5 Å². The summed E-state index contributed by atoms with van der Waals surface area (Å²) in [7, 11) is -3.85. The van der Waals surface area contributed by atoms with E-state index < -0.39 is 15.9 Å². The van der Waals surface area contributed by atoms with Gasteiger partial charge in [0.1, 0.15) is 0 Å². The molecule has 0 radical (unpaired) electrons. The molecule has 2 amide bonds. The highest BCUT2D eigenvalue weighted by atomic mass is 32.2. The molecule has 0 saturated carbocycles. The van der Waals surface area contributed by atoms with Crippen molar-refractivity contribution in [1.82, 2.24) is 9.62 Å². The van der Waals surface area contributed by atoms with Crippen molar-refractivity contribution in [3.8, 4) is 0 Å². The molecule has 0 unspecified atom stereocenters. The summed E-state index contributed by atoms with van der Waals surface area (Å²) in [6.07, 6.45) is 0.844. The second-order valence-electron chi connectivity index (χ2n) is 7.18. The van der Waals surface area contributed by atoms with Crippen molar-refractivity contribution in [2.45, 2.75) is 30.7 Å². The lowest BCUT2D eigenvalue weighted by Gasteiger charge is -2.31. The predicted molar refractivity (Wildman–Crippen MR) is 109 cm³/mol. The molecular weight excluding hydrogens is 390 g/mol. The number of hydrogen-bond donors (Lipinski definition) is 2. The van der Waals surface area contributed by atoms with Gasteiger partial charge in [-0.1, -0.05) is 42.5 Å².